The molecule has 5 nitrogen and oxygen atoms in total. The summed E-state index contributed by atoms with van der Waals surface area (Å²) in [4.78, 5) is 16.5. The minimum Gasteiger partial charge on any atom is -0.499 e. The first-order chi connectivity index (χ1) is 18.4. The molecule has 6 heteroatoms. The van der Waals surface area contributed by atoms with Crippen molar-refractivity contribution in [2.24, 2.45) is 34.5 Å². The maximum atomic E-state index is 13.5. The van der Waals surface area contributed by atoms with Crippen molar-refractivity contribution in [3.8, 4) is 11.1 Å². The van der Waals surface area contributed by atoms with Gasteiger partial charge in [0.05, 0.1) is 12.4 Å². The molecule has 0 saturated heterocycles. The number of hydrogen-bond acceptors (Lipinski definition) is 4. The fourth-order valence-electron chi connectivity index (χ4n) is 5.79. The second kappa shape index (κ2) is 14.0. The zero-order valence-electron chi connectivity index (χ0n) is 26.5. The second-order valence-corrected chi connectivity index (χ2v) is 14.4. The predicted molar refractivity (Wildman–Crippen MR) is 169 cm³/mol. The molecule has 2 atom stereocenters. The van der Waals surface area contributed by atoms with Crippen LogP contribution in [0.4, 0.5) is 5.82 Å². The Balaban J connectivity index is 0.000000536. The third-order valence-electron chi connectivity index (χ3n) is 7.83. The highest BCUT2D eigenvalue weighted by molar-refractivity contribution is 6.30. The first kappa shape index (κ1) is 33.8. The number of benzene rings is 1. The van der Waals surface area contributed by atoms with E-state index in [0.717, 1.165) is 42.8 Å². The number of carbonyl (C=O) groups excluding carboxylic acids is 1. The number of esters is 1. The third-order valence-corrected chi connectivity index (χ3v) is 8.08. The maximum absolute atomic E-state index is 13.5. The summed E-state index contributed by atoms with van der Waals surface area (Å²) in [6.07, 6.45) is 4.70. The number of H-pyrrole nitrogens is 1. The van der Waals surface area contributed by atoms with Crippen molar-refractivity contribution in [3.05, 3.63) is 53.4 Å². The standard InChI is InChI=1S/C26H37ClN2O2.C8H16O/c1-15-12-19(25(2,3)4)22(20(13-15)26(5,6)7)31-24(30)21-18(14-29-23(21)28)16-8-10-17(27)11-9-16;1-5-9-8(4)6-7(2)3/h8-11,14-15,19-20,22,29H,12-13,28H2,1-7H3;7H,4-6H2,1-3H3. The molecule has 0 aliphatic heterocycles. The lowest BCUT2D eigenvalue weighted by molar-refractivity contribution is -0.0922. The van der Waals surface area contributed by atoms with Gasteiger partial charge in [0.2, 0.25) is 0 Å². The number of nitrogen functional groups attached to an aromatic ring is 1. The summed E-state index contributed by atoms with van der Waals surface area (Å²) in [6, 6.07) is 7.39. The Hall–Kier alpha value is -2.40. The summed E-state index contributed by atoms with van der Waals surface area (Å²) in [7, 11) is 0. The largest absolute Gasteiger partial charge is 0.499 e. The Morgan fingerprint density at radius 1 is 1.07 bits per heavy atom. The average Bonchev–Trinajstić information content (AvgIpc) is 3.20. The Morgan fingerprint density at radius 2 is 1.60 bits per heavy atom. The number of carbonyl (C=O) groups is 1. The molecule has 1 aliphatic carbocycles. The monoisotopic (exact) mass is 572 g/mol. The molecule has 2 aromatic rings. The first-order valence-corrected chi connectivity index (χ1v) is 15.1. The van der Waals surface area contributed by atoms with E-state index in [-0.39, 0.29) is 34.7 Å². The van der Waals surface area contributed by atoms with Gasteiger partial charge in [-0.05, 0) is 60.1 Å². The van der Waals surface area contributed by atoms with Gasteiger partial charge < -0.3 is 20.2 Å². The summed E-state index contributed by atoms with van der Waals surface area (Å²) in [5.74, 6) is 2.71. The highest BCUT2D eigenvalue weighted by Gasteiger charge is 2.48. The van der Waals surface area contributed by atoms with Gasteiger partial charge in [-0.15, -0.1) is 0 Å². The molecule has 1 aliphatic rings. The van der Waals surface area contributed by atoms with Crippen LogP contribution in [0.2, 0.25) is 5.02 Å². The molecule has 3 rings (SSSR count). The number of hydrogen-bond donors (Lipinski definition) is 2. The van der Waals surface area contributed by atoms with E-state index in [2.05, 4.69) is 73.9 Å². The molecule has 0 bridgehead atoms. The van der Waals surface area contributed by atoms with Gasteiger partial charge in [0, 0.05) is 35.0 Å². The van der Waals surface area contributed by atoms with E-state index in [4.69, 9.17) is 26.8 Å². The van der Waals surface area contributed by atoms with E-state index in [0.29, 0.717) is 28.2 Å². The van der Waals surface area contributed by atoms with E-state index >= 15 is 0 Å². The van der Waals surface area contributed by atoms with E-state index in [1.807, 2.05) is 31.2 Å². The van der Waals surface area contributed by atoms with Crippen molar-refractivity contribution in [2.45, 2.75) is 94.6 Å². The summed E-state index contributed by atoms with van der Waals surface area (Å²) in [5.41, 5.74) is 8.28. The number of ether oxygens (including phenoxy) is 2. The number of anilines is 1. The molecule has 0 spiro atoms. The van der Waals surface area contributed by atoms with Gasteiger partial charge in [0.15, 0.2) is 0 Å². The SMILES string of the molecule is C=C(CC(C)C)OCC.CC1CC(C(C)(C)C)C(OC(=O)c2c(-c3ccc(Cl)cc3)c[nH]c2N)C(C(C)(C)C)C1. The van der Waals surface area contributed by atoms with Crippen LogP contribution in [0, 0.1) is 34.5 Å². The summed E-state index contributed by atoms with van der Waals surface area (Å²) in [6.45, 7) is 26.6. The van der Waals surface area contributed by atoms with E-state index in [1.54, 1.807) is 6.20 Å². The number of nitrogens with two attached hydrogens (primary N) is 1. The van der Waals surface area contributed by atoms with E-state index in [9.17, 15) is 4.79 Å². The first-order valence-electron chi connectivity index (χ1n) is 14.7. The van der Waals surface area contributed by atoms with Gasteiger partial charge in [-0.3, -0.25) is 0 Å². The average molecular weight is 573 g/mol. The molecule has 0 radical (unpaired) electrons. The minimum absolute atomic E-state index is 0.0336. The van der Waals surface area contributed by atoms with Crippen LogP contribution in [0.15, 0.2) is 42.8 Å². The van der Waals surface area contributed by atoms with Gasteiger partial charge in [-0.25, -0.2) is 4.79 Å². The Bertz CT molecular complexity index is 1080. The van der Waals surface area contributed by atoms with Crippen molar-refractivity contribution in [1.29, 1.82) is 0 Å². The smallest absolute Gasteiger partial charge is 0.342 e. The fraction of sp³-hybridized carbons (Fsp3) is 0.618. The van der Waals surface area contributed by atoms with Gasteiger partial charge in [0.25, 0.3) is 0 Å². The normalized spacial score (nSPS) is 21.4. The lowest BCUT2D eigenvalue weighted by Crippen LogP contribution is -2.49. The quantitative estimate of drug-likeness (QED) is 0.255. The molecule has 40 heavy (non-hydrogen) atoms. The minimum atomic E-state index is -0.355. The van der Waals surface area contributed by atoms with Gasteiger partial charge in [0.1, 0.15) is 17.5 Å². The lowest BCUT2D eigenvalue weighted by atomic mass is 9.59. The predicted octanol–water partition coefficient (Wildman–Crippen LogP) is 9.78. The maximum Gasteiger partial charge on any atom is 0.342 e. The highest BCUT2D eigenvalue weighted by atomic mass is 35.5. The van der Waals surface area contributed by atoms with Crippen LogP contribution < -0.4 is 5.73 Å². The van der Waals surface area contributed by atoms with Crippen LogP contribution in [0.3, 0.4) is 0 Å². The number of halogens is 1. The number of aromatic nitrogens is 1. The number of rotatable bonds is 7. The molecule has 1 aromatic carbocycles. The molecule has 224 valence electrons. The summed E-state index contributed by atoms with van der Waals surface area (Å²) < 4.78 is 11.5. The van der Waals surface area contributed by atoms with Crippen molar-refractivity contribution in [3.63, 3.8) is 0 Å². The van der Waals surface area contributed by atoms with Crippen molar-refractivity contribution < 1.29 is 14.3 Å². The van der Waals surface area contributed by atoms with Gasteiger partial charge in [-0.2, -0.15) is 0 Å². The molecular formula is C34H53ClN2O3. The van der Waals surface area contributed by atoms with Gasteiger partial charge >= 0.3 is 5.97 Å². The number of allylic oxidation sites excluding steroid dienone is 1. The topological polar surface area (TPSA) is 77.3 Å². The van der Waals surface area contributed by atoms with Crippen LogP contribution in [-0.2, 0) is 9.47 Å². The fourth-order valence-corrected chi connectivity index (χ4v) is 5.91. The molecular weight excluding hydrogens is 520 g/mol. The Kier molecular flexibility index (Phi) is 11.8. The molecule has 1 saturated carbocycles. The van der Waals surface area contributed by atoms with E-state index in [1.165, 1.54) is 0 Å². The van der Waals surface area contributed by atoms with Crippen LogP contribution in [0.5, 0.6) is 0 Å². The second-order valence-electron chi connectivity index (χ2n) is 14.0. The van der Waals surface area contributed by atoms with Crippen LogP contribution >= 0.6 is 11.6 Å². The summed E-state index contributed by atoms with van der Waals surface area (Å²) in [5, 5.41) is 0.647. The number of aromatic amines is 1. The van der Waals surface area contributed by atoms with Gasteiger partial charge in [-0.1, -0.05) is 92.6 Å². The third kappa shape index (κ3) is 9.33. The van der Waals surface area contributed by atoms with Crippen LogP contribution in [0.1, 0.15) is 98.9 Å². The van der Waals surface area contributed by atoms with E-state index < -0.39 is 0 Å². The molecule has 0 amide bonds. The van der Waals surface area contributed by atoms with Crippen LogP contribution in [-0.4, -0.2) is 23.7 Å². The molecule has 1 aromatic heterocycles. The van der Waals surface area contributed by atoms with Crippen LogP contribution in [0.25, 0.3) is 11.1 Å². The zero-order chi connectivity index (χ0) is 30.4. The molecule has 3 N–H and O–H groups in total. The Labute approximate surface area is 248 Å². The van der Waals surface area contributed by atoms with Crippen molar-refractivity contribution in [1.82, 2.24) is 4.98 Å². The van der Waals surface area contributed by atoms with Crippen molar-refractivity contribution in [2.75, 3.05) is 12.3 Å². The molecule has 1 heterocycles. The number of nitrogens with one attached hydrogen (secondary N) is 1. The summed E-state index contributed by atoms with van der Waals surface area (Å²) >= 11 is 6.04. The lowest BCUT2D eigenvalue weighted by Gasteiger charge is -2.50. The zero-order valence-corrected chi connectivity index (χ0v) is 27.2. The molecule has 2 unspecified atom stereocenters. The van der Waals surface area contributed by atoms with Crippen molar-refractivity contribution >= 4 is 23.4 Å². The highest BCUT2D eigenvalue weighted by Crippen LogP contribution is 2.50. The molecule has 1 fully saturated rings. The Morgan fingerprint density at radius 3 is 2.05 bits per heavy atom.